The number of hydroxylamine groups is 2. The first-order valence-electron chi connectivity index (χ1n) is 11.5. The first-order chi connectivity index (χ1) is 16.4. The van der Waals surface area contributed by atoms with Crippen LogP contribution in [0.3, 0.4) is 0 Å². The molecule has 1 heterocycles. The molecule has 0 radical (unpaired) electrons. The maximum atomic E-state index is 12.0. The van der Waals surface area contributed by atoms with E-state index < -0.39 is 17.2 Å². The molecule has 1 aliphatic rings. The number of rotatable bonds is 7. The van der Waals surface area contributed by atoms with E-state index in [1.54, 1.807) is 0 Å². The van der Waals surface area contributed by atoms with Gasteiger partial charge in [-0.1, -0.05) is 115 Å². The van der Waals surface area contributed by atoms with E-state index in [0.717, 1.165) is 22.3 Å². The summed E-state index contributed by atoms with van der Waals surface area (Å²) in [5, 5.41) is 14.1. The van der Waals surface area contributed by atoms with Crippen LogP contribution in [0.25, 0.3) is 0 Å². The van der Waals surface area contributed by atoms with E-state index in [1.807, 2.05) is 105 Å². The minimum atomic E-state index is -0.781. The summed E-state index contributed by atoms with van der Waals surface area (Å²) < 4.78 is 6.64. The normalized spacial score (nSPS) is 20.8. The number of hydrogen-bond donors (Lipinski definition) is 1. The van der Waals surface area contributed by atoms with Crippen LogP contribution in [-0.2, 0) is 15.9 Å². The largest absolute Gasteiger partial charge is 0.354 e. The minimum absolute atomic E-state index is 0.210. The van der Waals surface area contributed by atoms with E-state index in [4.69, 9.17) is 16.3 Å². The number of nitrogens with zero attached hydrogens (tertiary/aromatic N) is 1. The van der Waals surface area contributed by atoms with Gasteiger partial charge in [0.1, 0.15) is 11.7 Å². The van der Waals surface area contributed by atoms with Crippen LogP contribution < -0.4 is 0 Å². The number of epoxide rings is 1. The van der Waals surface area contributed by atoms with Crippen LogP contribution in [0.5, 0.6) is 0 Å². The summed E-state index contributed by atoms with van der Waals surface area (Å²) in [4.78, 5) is 0. The van der Waals surface area contributed by atoms with Crippen molar-refractivity contribution in [1.29, 1.82) is 0 Å². The molecule has 1 aliphatic heterocycles. The maximum absolute atomic E-state index is 12.0. The highest BCUT2D eigenvalue weighted by molar-refractivity contribution is 6.30. The molecule has 0 amide bonds. The number of hydrogen-bond acceptors (Lipinski definition) is 3. The van der Waals surface area contributed by atoms with Crippen LogP contribution in [0.2, 0.25) is 5.02 Å². The van der Waals surface area contributed by atoms with Crippen LogP contribution >= 0.6 is 11.6 Å². The fraction of sp³-hybridized carbons (Fsp3) is 0.200. The second kappa shape index (κ2) is 9.01. The third kappa shape index (κ3) is 3.95. The van der Waals surface area contributed by atoms with Crippen molar-refractivity contribution in [3.05, 3.63) is 143 Å². The zero-order valence-electron chi connectivity index (χ0n) is 19.3. The van der Waals surface area contributed by atoms with Crippen LogP contribution in [-0.4, -0.2) is 10.3 Å². The Hall–Kier alpha value is -2.95. The lowest BCUT2D eigenvalue weighted by molar-refractivity contribution is -0.215. The molecule has 5 rings (SSSR count). The van der Waals surface area contributed by atoms with Crippen molar-refractivity contribution >= 4 is 11.6 Å². The van der Waals surface area contributed by atoms with E-state index >= 15 is 0 Å². The molecule has 172 valence electrons. The van der Waals surface area contributed by atoms with E-state index in [1.165, 1.54) is 5.06 Å². The van der Waals surface area contributed by atoms with Gasteiger partial charge in [-0.2, -0.15) is 5.06 Å². The third-order valence-corrected chi connectivity index (χ3v) is 7.11. The van der Waals surface area contributed by atoms with Gasteiger partial charge >= 0.3 is 0 Å². The second-order valence-electron chi connectivity index (χ2n) is 9.29. The Morgan fingerprint density at radius 3 is 1.91 bits per heavy atom. The van der Waals surface area contributed by atoms with Crippen LogP contribution in [0, 0.1) is 0 Å². The maximum Gasteiger partial charge on any atom is 0.146 e. The first kappa shape index (κ1) is 22.8. The van der Waals surface area contributed by atoms with Crippen molar-refractivity contribution in [2.75, 3.05) is 0 Å². The Kier molecular flexibility index (Phi) is 6.05. The molecule has 3 atom stereocenters. The molecule has 34 heavy (non-hydrogen) atoms. The van der Waals surface area contributed by atoms with Crippen LogP contribution in [0.15, 0.2) is 115 Å². The van der Waals surface area contributed by atoms with Crippen molar-refractivity contribution in [1.82, 2.24) is 5.06 Å². The molecule has 0 bridgehead atoms. The number of halogens is 1. The zero-order valence-corrected chi connectivity index (χ0v) is 20.1. The van der Waals surface area contributed by atoms with Crippen molar-refractivity contribution in [3.63, 3.8) is 0 Å². The summed E-state index contributed by atoms with van der Waals surface area (Å²) in [6, 6.07) is 37.7. The van der Waals surface area contributed by atoms with Gasteiger partial charge in [0, 0.05) is 5.02 Å². The lowest BCUT2D eigenvalue weighted by atomic mass is 9.79. The van der Waals surface area contributed by atoms with Crippen LogP contribution in [0.1, 0.15) is 48.2 Å². The van der Waals surface area contributed by atoms with Gasteiger partial charge in [0.2, 0.25) is 0 Å². The van der Waals surface area contributed by atoms with Gasteiger partial charge in [0.15, 0.2) is 0 Å². The molecule has 3 nitrogen and oxygen atoms in total. The molecule has 0 aliphatic carbocycles. The Morgan fingerprint density at radius 2 is 1.32 bits per heavy atom. The van der Waals surface area contributed by atoms with Crippen molar-refractivity contribution in [2.45, 2.75) is 37.1 Å². The molecule has 0 spiro atoms. The lowest BCUT2D eigenvalue weighted by Gasteiger charge is -2.42. The van der Waals surface area contributed by atoms with Crippen LogP contribution in [0.4, 0.5) is 0 Å². The van der Waals surface area contributed by atoms with E-state index in [9.17, 15) is 5.21 Å². The molecular weight excluding hydrogens is 442 g/mol. The lowest BCUT2D eigenvalue weighted by Crippen LogP contribution is -2.46. The van der Waals surface area contributed by atoms with E-state index in [2.05, 4.69) is 24.3 Å². The van der Waals surface area contributed by atoms with Gasteiger partial charge in [0.05, 0.1) is 11.6 Å². The average molecular weight is 470 g/mol. The molecule has 0 unspecified atom stereocenters. The summed E-state index contributed by atoms with van der Waals surface area (Å²) in [5.74, 6) is 0. The quantitative estimate of drug-likeness (QED) is 0.223. The molecule has 1 saturated heterocycles. The van der Waals surface area contributed by atoms with Gasteiger partial charge in [-0.15, -0.1) is 0 Å². The molecule has 1 fully saturated rings. The standard InChI is InChI=1S/C30H28ClNO2/c1-29(2,24-14-8-4-9-15-24)32(33)27(22-18-20-26(31)21-19-22)30(25-16-10-5-11-17-25)28(34-30)23-12-6-3-7-13-23/h3-21,27-28,33H,1-2H3/t27-,28-,30-/m0/s1. The summed E-state index contributed by atoms with van der Waals surface area (Å²) >= 11 is 6.25. The Bertz CT molecular complexity index is 1230. The fourth-order valence-electron chi connectivity index (χ4n) is 4.90. The minimum Gasteiger partial charge on any atom is -0.354 e. The van der Waals surface area contributed by atoms with Crippen molar-refractivity contribution in [2.24, 2.45) is 0 Å². The highest BCUT2D eigenvalue weighted by Gasteiger charge is 2.66. The number of benzene rings is 4. The van der Waals surface area contributed by atoms with Gasteiger partial charge in [-0.25, -0.2) is 0 Å². The highest BCUT2D eigenvalue weighted by atomic mass is 35.5. The summed E-state index contributed by atoms with van der Waals surface area (Å²) in [5.41, 5.74) is 2.57. The Balaban J connectivity index is 1.69. The van der Waals surface area contributed by atoms with Gasteiger partial charge < -0.3 is 9.94 Å². The topological polar surface area (TPSA) is 36.0 Å². The zero-order chi connectivity index (χ0) is 23.8. The molecule has 0 aromatic heterocycles. The summed E-state index contributed by atoms with van der Waals surface area (Å²) in [6.07, 6.45) is -0.210. The van der Waals surface area contributed by atoms with Crippen molar-refractivity contribution in [3.8, 4) is 0 Å². The monoisotopic (exact) mass is 469 g/mol. The smallest absolute Gasteiger partial charge is 0.146 e. The average Bonchev–Trinajstić information content (AvgIpc) is 3.63. The van der Waals surface area contributed by atoms with E-state index in [0.29, 0.717) is 5.02 Å². The molecule has 4 heteroatoms. The van der Waals surface area contributed by atoms with Gasteiger partial charge in [-0.05, 0) is 48.2 Å². The van der Waals surface area contributed by atoms with Gasteiger partial charge in [-0.3, -0.25) is 0 Å². The Morgan fingerprint density at radius 1 is 0.794 bits per heavy atom. The third-order valence-electron chi connectivity index (χ3n) is 6.86. The molecular formula is C30H28ClNO2. The molecule has 1 N–H and O–H groups in total. The fourth-order valence-corrected chi connectivity index (χ4v) is 5.03. The molecule has 0 saturated carbocycles. The van der Waals surface area contributed by atoms with Crippen molar-refractivity contribution < 1.29 is 9.94 Å². The first-order valence-corrected chi connectivity index (χ1v) is 11.9. The summed E-state index contributed by atoms with van der Waals surface area (Å²) in [6.45, 7) is 4.06. The van der Waals surface area contributed by atoms with E-state index in [-0.39, 0.29) is 6.10 Å². The predicted octanol–water partition coefficient (Wildman–Crippen LogP) is 7.67. The highest BCUT2D eigenvalue weighted by Crippen LogP contribution is 2.65. The molecule has 4 aromatic carbocycles. The Labute approximate surface area is 206 Å². The number of ether oxygens (including phenoxy) is 1. The predicted molar refractivity (Wildman–Crippen MR) is 136 cm³/mol. The van der Waals surface area contributed by atoms with Gasteiger partial charge in [0.25, 0.3) is 0 Å². The second-order valence-corrected chi connectivity index (χ2v) is 9.73. The summed E-state index contributed by atoms with van der Waals surface area (Å²) in [7, 11) is 0. The SMILES string of the molecule is CC(C)(c1ccccc1)N(O)[C@@H](c1ccc(Cl)cc1)[C@]1(c2ccccc2)O[C@H]1c1ccccc1. The molecule has 4 aromatic rings.